The number of carbonyl (C=O) groups is 1. The molecule has 0 spiro atoms. The van der Waals surface area contributed by atoms with Crippen molar-refractivity contribution in [2.75, 3.05) is 7.11 Å². The maximum Gasteiger partial charge on any atom is 0.360 e. The molecular formula is C14H9BrN2O3S. The van der Waals surface area contributed by atoms with Gasteiger partial charge in [-0.25, -0.2) is 14.8 Å². The lowest BCUT2D eigenvalue weighted by Crippen LogP contribution is -2.03. The average molecular weight is 365 g/mol. The SMILES string of the molecule is COC(=O)c1nc(-c2ccccc2)oc1-c1ncc(Br)s1. The number of methoxy groups -OCH3 is 1. The van der Waals surface area contributed by atoms with Crippen LogP contribution in [0.3, 0.4) is 0 Å². The molecule has 0 aliphatic rings. The Bertz CT molecular complexity index is 783. The Kier molecular flexibility index (Phi) is 3.85. The van der Waals surface area contributed by atoms with E-state index in [1.807, 2.05) is 30.3 Å². The van der Waals surface area contributed by atoms with Crippen molar-refractivity contribution in [3.05, 3.63) is 46.0 Å². The van der Waals surface area contributed by atoms with Crippen LogP contribution in [0.5, 0.6) is 0 Å². The smallest absolute Gasteiger partial charge is 0.360 e. The van der Waals surface area contributed by atoms with Crippen molar-refractivity contribution in [3.8, 4) is 22.2 Å². The second-order valence-electron chi connectivity index (χ2n) is 4.02. The minimum atomic E-state index is -0.553. The van der Waals surface area contributed by atoms with Crippen molar-refractivity contribution in [1.29, 1.82) is 0 Å². The highest BCUT2D eigenvalue weighted by atomic mass is 79.9. The van der Waals surface area contributed by atoms with E-state index in [2.05, 4.69) is 25.9 Å². The molecule has 0 N–H and O–H groups in total. The van der Waals surface area contributed by atoms with Crippen molar-refractivity contribution >= 4 is 33.2 Å². The summed E-state index contributed by atoms with van der Waals surface area (Å²) in [6.07, 6.45) is 1.64. The molecule has 0 atom stereocenters. The number of carbonyl (C=O) groups excluding carboxylic acids is 1. The van der Waals surface area contributed by atoms with E-state index in [-0.39, 0.29) is 5.69 Å². The van der Waals surface area contributed by atoms with E-state index in [1.165, 1.54) is 18.4 Å². The maximum atomic E-state index is 11.9. The molecule has 2 heterocycles. The van der Waals surface area contributed by atoms with Gasteiger partial charge < -0.3 is 9.15 Å². The zero-order valence-corrected chi connectivity index (χ0v) is 13.3. The van der Waals surface area contributed by atoms with Crippen LogP contribution in [0.25, 0.3) is 22.2 Å². The van der Waals surface area contributed by atoms with Gasteiger partial charge in [0.1, 0.15) is 0 Å². The minimum absolute atomic E-state index is 0.123. The van der Waals surface area contributed by atoms with Crippen molar-refractivity contribution in [2.24, 2.45) is 0 Å². The molecule has 0 amide bonds. The van der Waals surface area contributed by atoms with E-state index in [1.54, 1.807) is 6.20 Å². The standard InChI is InChI=1S/C14H9BrN2O3S/c1-19-14(18)10-11(13-16-7-9(15)21-13)20-12(17-10)8-5-3-2-4-6-8/h2-7H,1H3. The number of thiazole rings is 1. The topological polar surface area (TPSA) is 65.2 Å². The summed E-state index contributed by atoms with van der Waals surface area (Å²) in [4.78, 5) is 20.3. The van der Waals surface area contributed by atoms with E-state index in [9.17, 15) is 4.79 Å². The molecule has 0 aliphatic heterocycles. The molecule has 3 aromatic rings. The number of hydrogen-bond acceptors (Lipinski definition) is 6. The number of hydrogen-bond donors (Lipinski definition) is 0. The van der Waals surface area contributed by atoms with Gasteiger partial charge in [-0.05, 0) is 28.1 Å². The first-order valence-corrected chi connectivity index (χ1v) is 7.56. The normalized spacial score (nSPS) is 10.6. The zero-order valence-electron chi connectivity index (χ0n) is 10.9. The van der Waals surface area contributed by atoms with Crippen LogP contribution in [0.2, 0.25) is 0 Å². The van der Waals surface area contributed by atoms with Crippen LogP contribution in [-0.2, 0) is 4.74 Å². The maximum absolute atomic E-state index is 11.9. The predicted octanol–water partition coefficient (Wildman–Crippen LogP) is 4.01. The second-order valence-corrected chi connectivity index (χ2v) is 6.43. The van der Waals surface area contributed by atoms with Crippen LogP contribution in [0.4, 0.5) is 0 Å². The fraction of sp³-hybridized carbons (Fsp3) is 0.0714. The number of ether oxygens (including phenoxy) is 1. The minimum Gasteiger partial charge on any atom is -0.464 e. The molecule has 2 aromatic heterocycles. The lowest BCUT2D eigenvalue weighted by atomic mass is 10.2. The summed E-state index contributed by atoms with van der Waals surface area (Å²) in [5.74, 6) is 0.121. The van der Waals surface area contributed by atoms with Gasteiger partial charge in [0.25, 0.3) is 0 Å². The number of nitrogens with zero attached hydrogens (tertiary/aromatic N) is 2. The van der Waals surface area contributed by atoms with Gasteiger partial charge in [-0.15, -0.1) is 11.3 Å². The van der Waals surface area contributed by atoms with Gasteiger partial charge >= 0.3 is 5.97 Å². The molecule has 0 radical (unpaired) electrons. The third-order valence-corrected chi connectivity index (χ3v) is 4.17. The number of rotatable bonds is 3. The fourth-order valence-electron chi connectivity index (χ4n) is 1.76. The van der Waals surface area contributed by atoms with E-state index >= 15 is 0 Å². The number of oxazole rings is 1. The van der Waals surface area contributed by atoms with Gasteiger partial charge in [-0.3, -0.25) is 0 Å². The Labute approximate surface area is 132 Å². The van der Waals surface area contributed by atoms with Gasteiger partial charge in [0.2, 0.25) is 5.89 Å². The van der Waals surface area contributed by atoms with Crippen LogP contribution in [-0.4, -0.2) is 23.0 Å². The van der Waals surface area contributed by atoms with Crippen LogP contribution in [0.15, 0.2) is 44.7 Å². The molecule has 0 fully saturated rings. The Morgan fingerprint density at radius 1 is 1.33 bits per heavy atom. The summed E-state index contributed by atoms with van der Waals surface area (Å²) in [6, 6.07) is 9.35. The number of aromatic nitrogens is 2. The Hall–Kier alpha value is -1.99. The second kappa shape index (κ2) is 5.79. The molecule has 0 saturated carbocycles. The quantitative estimate of drug-likeness (QED) is 0.656. The zero-order chi connectivity index (χ0) is 14.8. The molecule has 0 bridgehead atoms. The lowest BCUT2D eigenvalue weighted by Gasteiger charge is -1.94. The molecule has 0 saturated heterocycles. The molecule has 106 valence electrons. The van der Waals surface area contributed by atoms with Crippen LogP contribution in [0, 0.1) is 0 Å². The highest BCUT2D eigenvalue weighted by molar-refractivity contribution is 9.11. The molecule has 3 rings (SSSR count). The lowest BCUT2D eigenvalue weighted by molar-refractivity contribution is 0.0595. The summed E-state index contributed by atoms with van der Waals surface area (Å²) in [5, 5.41) is 0.567. The fourth-order valence-corrected chi connectivity index (χ4v) is 2.95. The van der Waals surface area contributed by atoms with Crippen molar-refractivity contribution in [3.63, 3.8) is 0 Å². The van der Waals surface area contributed by atoms with E-state index < -0.39 is 5.97 Å². The third-order valence-electron chi connectivity index (χ3n) is 2.70. The molecule has 7 heteroatoms. The first-order chi connectivity index (χ1) is 10.2. The number of benzene rings is 1. The molecule has 21 heavy (non-hydrogen) atoms. The Morgan fingerprint density at radius 3 is 2.71 bits per heavy atom. The summed E-state index contributed by atoms with van der Waals surface area (Å²) in [6.45, 7) is 0. The monoisotopic (exact) mass is 364 g/mol. The van der Waals surface area contributed by atoms with Gasteiger partial charge in [-0.1, -0.05) is 18.2 Å². The predicted molar refractivity (Wildman–Crippen MR) is 82.1 cm³/mol. The summed E-state index contributed by atoms with van der Waals surface area (Å²) in [5.41, 5.74) is 0.905. The van der Waals surface area contributed by atoms with Crippen molar-refractivity contribution in [2.45, 2.75) is 0 Å². The average Bonchev–Trinajstić information content (AvgIpc) is 3.13. The molecule has 1 aromatic carbocycles. The molecule has 0 unspecified atom stereocenters. The van der Waals surface area contributed by atoms with Crippen LogP contribution < -0.4 is 0 Å². The van der Waals surface area contributed by atoms with E-state index in [4.69, 9.17) is 9.15 Å². The number of esters is 1. The first-order valence-electron chi connectivity index (χ1n) is 5.95. The number of halogens is 1. The van der Waals surface area contributed by atoms with Gasteiger partial charge in [0.05, 0.1) is 17.1 Å². The first kappa shape index (κ1) is 14.0. The highest BCUT2D eigenvalue weighted by Crippen LogP contribution is 2.34. The molecule has 0 aliphatic carbocycles. The Balaban J connectivity index is 2.14. The molecule has 5 nitrogen and oxygen atoms in total. The van der Waals surface area contributed by atoms with E-state index in [0.717, 1.165) is 9.35 Å². The van der Waals surface area contributed by atoms with Gasteiger partial charge in [-0.2, -0.15) is 0 Å². The van der Waals surface area contributed by atoms with Gasteiger partial charge in [0, 0.05) is 5.56 Å². The summed E-state index contributed by atoms with van der Waals surface area (Å²) in [7, 11) is 1.31. The summed E-state index contributed by atoms with van der Waals surface area (Å²) < 4.78 is 11.3. The summed E-state index contributed by atoms with van der Waals surface area (Å²) >= 11 is 4.69. The van der Waals surface area contributed by atoms with Gasteiger partial charge in [0.15, 0.2) is 16.5 Å². The highest BCUT2D eigenvalue weighted by Gasteiger charge is 2.24. The van der Waals surface area contributed by atoms with Crippen molar-refractivity contribution in [1.82, 2.24) is 9.97 Å². The van der Waals surface area contributed by atoms with E-state index in [0.29, 0.717) is 16.7 Å². The third kappa shape index (κ3) is 2.74. The Morgan fingerprint density at radius 2 is 2.10 bits per heavy atom. The van der Waals surface area contributed by atoms with Crippen molar-refractivity contribution < 1.29 is 13.9 Å². The van der Waals surface area contributed by atoms with Crippen LogP contribution in [0.1, 0.15) is 10.5 Å². The molecular weight excluding hydrogens is 356 g/mol. The largest absolute Gasteiger partial charge is 0.464 e. The van der Waals surface area contributed by atoms with Crippen LogP contribution >= 0.6 is 27.3 Å².